The molecule has 2 aromatic rings. The molecule has 29 heavy (non-hydrogen) atoms. The molecule has 2 aromatic carbocycles. The van der Waals surface area contributed by atoms with Gasteiger partial charge < -0.3 is 14.7 Å². The van der Waals surface area contributed by atoms with Gasteiger partial charge in [-0.1, -0.05) is 50.2 Å². The topological polar surface area (TPSA) is 35.9 Å². The van der Waals surface area contributed by atoms with Crippen molar-refractivity contribution in [3.05, 3.63) is 60.2 Å². The van der Waals surface area contributed by atoms with Gasteiger partial charge in [-0.2, -0.15) is 0 Å². The highest BCUT2D eigenvalue weighted by atomic mass is 35.5. The molecule has 6 heteroatoms. The molecule has 3 rings (SSSR count). The Balaban J connectivity index is 0.00000210. The predicted octanol–water partition coefficient (Wildman–Crippen LogP) is 4.61. The van der Waals surface area contributed by atoms with Crippen LogP contribution in [0.4, 0.5) is 5.69 Å². The van der Waals surface area contributed by atoms with Crippen molar-refractivity contribution in [2.75, 3.05) is 44.2 Å². The molecule has 0 saturated carbocycles. The summed E-state index contributed by atoms with van der Waals surface area (Å²) in [6, 6.07) is 18.7. The molecule has 0 aliphatic carbocycles. The van der Waals surface area contributed by atoms with Crippen molar-refractivity contribution in [2.24, 2.45) is 0 Å². The number of hydrogen-bond acceptors (Lipinski definition) is 4. The summed E-state index contributed by atoms with van der Waals surface area (Å²) in [4.78, 5) is 4.73. The summed E-state index contributed by atoms with van der Waals surface area (Å²) >= 11 is 0. The van der Waals surface area contributed by atoms with Crippen molar-refractivity contribution in [3.63, 3.8) is 0 Å². The Hall–Kier alpha value is -1.46. The zero-order valence-corrected chi connectivity index (χ0v) is 19.0. The second-order valence-corrected chi connectivity index (χ2v) is 7.44. The number of nitrogens with zero attached hydrogens (tertiary/aromatic N) is 2. The second-order valence-electron chi connectivity index (χ2n) is 7.44. The lowest BCUT2D eigenvalue weighted by Crippen LogP contribution is -2.49. The van der Waals surface area contributed by atoms with Gasteiger partial charge in [-0.3, -0.25) is 4.90 Å². The Morgan fingerprint density at radius 3 is 2.21 bits per heavy atom. The van der Waals surface area contributed by atoms with E-state index in [1.54, 1.807) is 0 Å². The minimum atomic E-state index is -0.474. The smallest absolute Gasteiger partial charge is 0.122 e. The highest BCUT2D eigenvalue weighted by molar-refractivity contribution is 5.85. The van der Waals surface area contributed by atoms with E-state index in [1.807, 2.05) is 12.1 Å². The number of piperazine rings is 1. The first-order chi connectivity index (χ1) is 13.2. The van der Waals surface area contributed by atoms with Crippen LogP contribution in [-0.4, -0.2) is 55.4 Å². The molecule has 1 aliphatic heterocycles. The Morgan fingerprint density at radius 1 is 0.931 bits per heavy atom. The average Bonchev–Trinajstić information content (AvgIpc) is 2.73. The van der Waals surface area contributed by atoms with Gasteiger partial charge in [-0.05, 0) is 36.1 Å². The molecule has 0 aromatic heterocycles. The van der Waals surface area contributed by atoms with Crippen LogP contribution < -0.4 is 9.64 Å². The Kier molecular flexibility index (Phi) is 11.4. The Labute approximate surface area is 187 Å². The van der Waals surface area contributed by atoms with E-state index >= 15 is 0 Å². The summed E-state index contributed by atoms with van der Waals surface area (Å²) in [5, 5.41) is 10.5. The Morgan fingerprint density at radius 2 is 1.55 bits per heavy atom. The standard InChI is InChI=1S/C23H32N2O2.2ClH/c1-3-19(2)22-11-7-8-12-23(22)27-18-21(26)17-24-13-15-25(16-14-24)20-9-5-4-6-10-20;;/h4-12,19,21,26H,3,13-18H2,1-2H3;2*1H. The first-order valence-corrected chi connectivity index (χ1v) is 10.1. The van der Waals surface area contributed by atoms with Gasteiger partial charge in [-0.25, -0.2) is 0 Å². The lowest BCUT2D eigenvalue weighted by molar-refractivity contribution is 0.0658. The van der Waals surface area contributed by atoms with E-state index in [2.05, 4.69) is 66.1 Å². The SMILES string of the molecule is CCC(C)c1ccccc1OCC(O)CN1CCN(c2ccccc2)CC1.Cl.Cl. The summed E-state index contributed by atoms with van der Waals surface area (Å²) in [5.41, 5.74) is 2.51. The lowest BCUT2D eigenvalue weighted by atomic mass is 9.98. The first kappa shape index (κ1) is 25.6. The van der Waals surface area contributed by atoms with Gasteiger partial charge in [-0.15, -0.1) is 24.8 Å². The number of aliphatic hydroxyl groups is 1. The zero-order chi connectivity index (χ0) is 19.1. The molecular formula is C23H34Cl2N2O2. The number of para-hydroxylation sites is 2. The van der Waals surface area contributed by atoms with E-state index in [0.717, 1.165) is 38.3 Å². The molecule has 1 N–H and O–H groups in total. The van der Waals surface area contributed by atoms with Crippen LogP contribution in [0.5, 0.6) is 5.75 Å². The number of benzene rings is 2. The minimum absolute atomic E-state index is 0. The van der Waals surface area contributed by atoms with E-state index in [4.69, 9.17) is 4.74 Å². The summed E-state index contributed by atoms with van der Waals surface area (Å²) in [5.74, 6) is 1.37. The second kappa shape index (κ2) is 13.0. The number of β-amino-alcohol motifs (C(OH)–C–C–N with tert-alkyl or cyclic N) is 1. The van der Waals surface area contributed by atoms with Gasteiger partial charge in [0.05, 0.1) is 0 Å². The number of halogens is 2. The average molecular weight is 441 g/mol. The minimum Gasteiger partial charge on any atom is -0.491 e. The van der Waals surface area contributed by atoms with Crippen LogP contribution in [0.25, 0.3) is 0 Å². The van der Waals surface area contributed by atoms with Gasteiger partial charge in [0.25, 0.3) is 0 Å². The van der Waals surface area contributed by atoms with Crippen molar-refractivity contribution in [1.29, 1.82) is 0 Å². The third-order valence-electron chi connectivity index (χ3n) is 5.46. The number of rotatable bonds is 8. The van der Waals surface area contributed by atoms with Gasteiger partial charge in [0.1, 0.15) is 18.5 Å². The largest absolute Gasteiger partial charge is 0.491 e. The van der Waals surface area contributed by atoms with Crippen LogP contribution in [0.3, 0.4) is 0 Å². The van der Waals surface area contributed by atoms with Crippen LogP contribution in [-0.2, 0) is 0 Å². The predicted molar refractivity (Wildman–Crippen MR) is 126 cm³/mol. The Bertz CT molecular complexity index is 694. The maximum atomic E-state index is 10.5. The fourth-order valence-electron chi connectivity index (χ4n) is 3.60. The first-order valence-electron chi connectivity index (χ1n) is 10.1. The zero-order valence-electron chi connectivity index (χ0n) is 17.4. The molecule has 0 bridgehead atoms. The molecule has 0 radical (unpaired) electrons. The number of ether oxygens (including phenoxy) is 1. The van der Waals surface area contributed by atoms with Crippen LogP contribution in [0.15, 0.2) is 54.6 Å². The molecule has 2 unspecified atom stereocenters. The molecule has 162 valence electrons. The highest BCUT2D eigenvalue weighted by Gasteiger charge is 2.20. The fraction of sp³-hybridized carbons (Fsp3) is 0.478. The number of hydrogen-bond donors (Lipinski definition) is 1. The molecule has 0 spiro atoms. The molecule has 1 aliphatic rings. The number of anilines is 1. The van der Waals surface area contributed by atoms with Crippen LogP contribution >= 0.6 is 24.8 Å². The third kappa shape index (κ3) is 7.38. The molecule has 1 heterocycles. The van der Waals surface area contributed by atoms with Crippen LogP contribution in [0, 0.1) is 0 Å². The molecular weight excluding hydrogens is 407 g/mol. The molecule has 2 atom stereocenters. The van der Waals surface area contributed by atoms with Crippen molar-refractivity contribution < 1.29 is 9.84 Å². The maximum absolute atomic E-state index is 10.5. The molecule has 1 fully saturated rings. The molecule has 4 nitrogen and oxygen atoms in total. The normalized spacial score (nSPS) is 16.3. The quantitative estimate of drug-likeness (QED) is 0.649. The van der Waals surface area contributed by atoms with Crippen molar-refractivity contribution in [2.45, 2.75) is 32.3 Å². The van der Waals surface area contributed by atoms with Crippen molar-refractivity contribution in [3.8, 4) is 5.75 Å². The van der Waals surface area contributed by atoms with Gasteiger partial charge in [0.15, 0.2) is 0 Å². The van der Waals surface area contributed by atoms with Crippen LogP contribution in [0.2, 0.25) is 0 Å². The fourth-order valence-corrected chi connectivity index (χ4v) is 3.60. The number of aliphatic hydroxyl groups excluding tert-OH is 1. The summed E-state index contributed by atoms with van der Waals surface area (Å²) in [6.45, 7) is 9.32. The van der Waals surface area contributed by atoms with Gasteiger partial charge in [0.2, 0.25) is 0 Å². The highest BCUT2D eigenvalue weighted by Crippen LogP contribution is 2.28. The van der Waals surface area contributed by atoms with Crippen molar-refractivity contribution in [1.82, 2.24) is 4.90 Å². The third-order valence-corrected chi connectivity index (χ3v) is 5.46. The van der Waals surface area contributed by atoms with E-state index in [-0.39, 0.29) is 24.8 Å². The van der Waals surface area contributed by atoms with Gasteiger partial charge >= 0.3 is 0 Å². The van der Waals surface area contributed by atoms with E-state index in [9.17, 15) is 5.11 Å². The van der Waals surface area contributed by atoms with E-state index < -0.39 is 6.10 Å². The lowest BCUT2D eigenvalue weighted by Gasteiger charge is -2.36. The van der Waals surface area contributed by atoms with E-state index in [0.29, 0.717) is 19.1 Å². The monoisotopic (exact) mass is 440 g/mol. The van der Waals surface area contributed by atoms with Gasteiger partial charge in [0, 0.05) is 38.4 Å². The van der Waals surface area contributed by atoms with Crippen LogP contribution in [0.1, 0.15) is 31.7 Å². The van der Waals surface area contributed by atoms with Crippen molar-refractivity contribution >= 4 is 30.5 Å². The maximum Gasteiger partial charge on any atom is 0.122 e. The summed E-state index contributed by atoms with van der Waals surface area (Å²) in [6.07, 6.45) is 0.604. The molecule has 0 amide bonds. The molecule has 1 saturated heterocycles. The van der Waals surface area contributed by atoms with E-state index in [1.165, 1.54) is 11.3 Å². The summed E-state index contributed by atoms with van der Waals surface area (Å²) in [7, 11) is 0. The summed E-state index contributed by atoms with van der Waals surface area (Å²) < 4.78 is 5.97.